The van der Waals surface area contributed by atoms with E-state index >= 15 is 0 Å². The molecule has 4 nitrogen and oxygen atoms in total. The predicted octanol–water partition coefficient (Wildman–Crippen LogP) is 4.62. The first-order chi connectivity index (χ1) is 10.0. The summed E-state index contributed by atoms with van der Waals surface area (Å²) >= 11 is 0.820. The van der Waals surface area contributed by atoms with Crippen LogP contribution in [0.4, 0.5) is 16.2 Å². The summed E-state index contributed by atoms with van der Waals surface area (Å²) in [6.07, 6.45) is 0. The maximum atomic E-state index is 11.8. The van der Waals surface area contributed by atoms with E-state index in [0.717, 1.165) is 34.3 Å². The van der Waals surface area contributed by atoms with Crippen LogP contribution in [0.1, 0.15) is 11.1 Å². The molecule has 2 aromatic carbocycles. The minimum atomic E-state index is -0.288. The summed E-state index contributed by atoms with van der Waals surface area (Å²) in [5.74, 6) is 0. The van der Waals surface area contributed by atoms with Crippen LogP contribution in [0.5, 0.6) is 0 Å². The Balaban J connectivity index is 1.85. The number of amidine groups is 1. The third-order valence-corrected chi connectivity index (χ3v) is 3.40. The van der Waals surface area contributed by atoms with Gasteiger partial charge in [0.05, 0.1) is 0 Å². The van der Waals surface area contributed by atoms with E-state index < -0.39 is 0 Å². The van der Waals surface area contributed by atoms with Gasteiger partial charge in [-0.05, 0) is 38.1 Å². The predicted molar refractivity (Wildman–Crippen MR) is 90.3 cm³/mol. The fourth-order valence-corrected chi connectivity index (χ4v) is 2.19. The number of hydrogen-bond donors (Lipinski definition) is 3. The number of thioether (sulfide) groups is 1. The van der Waals surface area contributed by atoms with Crippen molar-refractivity contribution in [3.05, 3.63) is 59.7 Å². The third kappa shape index (κ3) is 4.96. The van der Waals surface area contributed by atoms with E-state index in [2.05, 4.69) is 10.6 Å². The Morgan fingerprint density at radius 1 is 0.857 bits per heavy atom. The third-order valence-electron chi connectivity index (χ3n) is 2.80. The summed E-state index contributed by atoms with van der Waals surface area (Å²) in [4.78, 5) is 11.8. The van der Waals surface area contributed by atoms with Gasteiger partial charge < -0.3 is 10.6 Å². The second-order valence-corrected chi connectivity index (χ2v) is 5.68. The highest BCUT2D eigenvalue weighted by Crippen LogP contribution is 2.15. The maximum Gasteiger partial charge on any atom is 0.291 e. The SMILES string of the molecule is Cc1ccc(NC(=N)SC(=O)Nc2ccc(C)cc2)cc1. The van der Waals surface area contributed by atoms with Crippen LogP contribution in [0.25, 0.3) is 0 Å². The molecule has 5 heteroatoms. The largest absolute Gasteiger partial charge is 0.335 e. The molecule has 0 heterocycles. The summed E-state index contributed by atoms with van der Waals surface area (Å²) in [5, 5.41) is 13.2. The molecule has 108 valence electrons. The van der Waals surface area contributed by atoms with E-state index in [0.29, 0.717) is 0 Å². The number of rotatable bonds is 2. The summed E-state index contributed by atoms with van der Waals surface area (Å²) in [6, 6.07) is 15.2. The average Bonchev–Trinajstić information content (AvgIpc) is 2.44. The van der Waals surface area contributed by atoms with E-state index in [9.17, 15) is 4.79 Å². The Morgan fingerprint density at radius 3 is 1.76 bits per heavy atom. The Labute approximate surface area is 128 Å². The molecule has 0 saturated carbocycles. The lowest BCUT2D eigenvalue weighted by Gasteiger charge is -2.08. The number of carbonyl (C=O) groups is 1. The zero-order valence-electron chi connectivity index (χ0n) is 11.9. The van der Waals surface area contributed by atoms with Crippen LogP contribution in [-0.2, 0) is 0 Å². The molecule has 2 aromatic rings. The van der Waals surface area contributed by atoms with Crippen LogP contribution in [0.2, 0.25) is 0 Å². The van der Waals surface area contributed by atoms with Gasteiger partial charge in [-0.15, -0.1) is 0 Å². The van der Waals surface area contributed by atoms with Crippen LogP contribution in [-0.4, -0.2) is 10.4 Å². The smallest absolute Gasteiger partial charge is 0.291 e. The molecule has 0 aliphatic heterocycles. The highest BCUT2D eigenvalue weighted by Gasteiger charge is 2.08. The molecule has 0 aromatic heterocycles. The molecule has 0 aliphatic carbocycles. The maximum absolute atomic E-state index is 11.8. The standard InChI is InChI=1S/C16H17N3OS/c1-11-3-7-13(8-4-11)18-15(17)21-16(20)19-14-9-5-12(2)6-10-14/h3-10H,1-2H3,(H2,17,18)(H,19,20). The van der Waals surface area contributed by atoms with Gasteiger partial charge >= 0.3 is 0 Å². The lowest BCUT2D eigenvalue weighted by molar-refractivity contribution is 0.270. The van der Waals surface area contributed by atoms with Gasteiger partial charge in [0.1, 0.15) is 0 Å². The van der Waals surface area contributed by atoms with Crippen molar-refractivity contribution in [1.82, 2.24) is 0 Å². The second-order valence-electron chi connectivity index (χ2n) is 4.70. The molecular formula is C16H17N3OS. The van der Waals surface area contributed by atoms with E-state index in [1.165, 1.54) is 0 Å². The number of benzene rings is 2. The second kappa shape index (κ2) is 6.95. The lowest BCUT2D eigenvalue weighted by atomic mass is 10.2. The van der Waals surface area contributed by atoms with Crippen molar-refractivity contribution in [2.45, 2.75) is 13.8 Å². The summed E-state index contributed by atoms with van der Waals surface area (Å²) in [5.41, 5.74) is 3.80. The fraction of sp³-hybridized carbons (Fsp3) is 0.125. The van der Waals surface area contributed by atoms with E-state index in [1.54, 1.807) is 0 Å². The zero-order valence-corrected chi connectivity index (χ0v) is 12.8. The quantitative estimate of drug-likeness (QED) is 0.560. The van der Waals surface area contributed by atoms with Crippen molar-refractivity contribution in [3.8, 4) is 0 Å². The first-order valence-electron chi connectivity index (χ1n) is 6.51. The average molecular weight is 299 g/mol. The number of amides is 1. The first-order valence-corrected chi connectivity index (χ1v) is 7.32. The zero-order chi connectivity index (χ0) is 15.2. The summed E-state index contributed by atoms with van der Waals surface area (Å²) < 4.78 is 0. The van der Waals surface area contributed by atoms with Crippen molar-refractivity contribution in [1.29, 1.82) is 5.41 Å². The molecule has 2 rings (SSSR count). The fourth-order valence-electron chi connectivity index (χ4n) is 1.67. The number of anilines is 2. The Bertz CT molecular complexity index is 578. The van der Waals surface area contributed by atoms with Gasteiger partial charge in [-0.25, -0.2) is 0 Å². The molecule has 0 radical (unpaired) electrons. The van der Waals surface area contributed by atoms with Crippen LogP contribution in [0.3, 0.4) is 0 Å². The molecule has 0 bridgehead atoms. The molecule has 21 heavy (non-hydrogen) atoms. The molecule has 1 amide bonds. The topological polar surface area (TPSA) is 65.0 Å². The first kappa shape index (κ1) is 15.1. The van der Waals surface area contributed by atoms with Gasteiger partial charge in [0.2, 0.25) is 0 Å². The van der Waals surface area contributed by atoms with Gasteiger partial charge in [-0.1, -0.05) is 35.4 Å². The number of hydrogen-bond acceptors (Lipinski definition) is 3. The summed E-state index contributed by atoms with van der Waals surface area (Å²) in [7, 11) is 0. The Kier molecular flexibility index (Phi) is 5.00. The van der Waals surface area contributed by atoms with Gasteiger partial charge in [0, 0.05) is 23.1 Å². The highest BCUT2D eigenvalue weighted by molar-refractivity contribution is 8.26. The molecule has 0 aliphatic rings. The lowest BCUT2D eigenvalue weighted by Crippen LogP contribution is -2.13. The molecule has 0 spiro atoms. The van der Waals surface area contributed by atoms with Crippen molar-refractivity contribution in [3.63, 3.8) is 0 Å². The van der Waals surface area contributed by atoms with Gasteiger partial charge in [0.25, 0.3) is 5.24 Å². The van der Waals surface area contributed by atoms with E-state index in [4.69, 9.17) is 5.41 Å². The highest BCUT2D eigenvalue weighted by atomic mass is 32.2. The van der Waals surface area contributed by atoms with Crippen molar-refractivity contribution >= 4 is 33.5 Å². The molecular weight excluding hydrogens is 282 g/mol. The number of aryl methyl sites for hydroxylation is 2. The normalized spacial score (nSPS) is 10.0. The number of nitrogens with one attached hydrogen (secondary N) is 3. The van der Waals surface area contributed by atoms with Crippen LogP contribution < -0.4 is 10.6 Å². The molecule has 0 unspecified atom stereocenters. The van der Waals surface area contributed by atoms with E-state index in [-0.39, 0.29) is 10.4 Å². The Morgan fingerprint density at radius 2 is 1.29 bits per heavy atom. The van der Waals surface area contributed by atoms with Gasteiger partial charge in [-0.2, -0.15) is 0 Å². The molecule has 0 atom stereocenters. The Hall–Kier alpha value is -2.27. The van der Waals surface area contributed by atoms with Crippen molar-refractivity contribution in [2.24, 2.45) is 0 Å². The van der Waals surface area contributed by atoms with Crippen LogP contribution in [0, 0.1) is 19.3 Å². The molecule has 0 saturated heterocycles. The van der Waals surface area contributed by atoms with Crippen LogP contribution >= 0.6 is 11.8 Å². The molecule has 3 N–H and O–H groups in total. The number of carbonyl (C=O) groups excluding carboxylic acids is 1. The van der Waals surface area contributed by atoms with Crippen LogP contribution in [0.15, 0.2) is 48.5 Å². The van der Waals surface area contributed by atoms with Crippen molar-refractivity contribution in [2.75, 3.05) is 10.6 Å². The minimum Gasteiger partial charge on any atom is -0.335 e. The monoisotopic (exact) mass is 299 g/mol. The summed E-state index contributed by atoms with van der Waals surface area (Å²) in [6.45, 7) is 3.99. The van der Waals surface area contributed by atoms with E-state index in [1.807, 2.05) is 62.4 Å². The van der Waals surface area contributed by atoms with Gasteiger partial charge in [-0.3, -0.25) is 10.2 Å². The minimum absolute atomic E-state index is 0.0865. The van der Waals surface area contributed by atoms with Crippen molar-refractivity contribution < 1.29 is 4.79 Å². The van der Waals surface area contributed by atoms with Gasteiger partial charge in [0.15, 0.2) is 5.17 Å². The molecule has 0 fully saturated rings.